The number of imidazole rings is 1. The van der Waals surface area contributed by atoms with E-state index in [4.69, 9.17) is 5.73 Å². The summed E-state index contributed by atoms with van der Waals surface area (Å²) in [5, 5.41) is 3.02. The summed E-state index contributed by atoms with van der Waals surface area (Å²) < 4.78 is 20.3. The van der Waals surface area contributed by atoms with Crippen molar-refractivity contribution in [3.8, 4) is 0 Å². The van der Waals surface area contributed by atoms with Crippen LogP contribution in [0.4, 0.5) is 15.8 Å². The first-order valence-corrected chi connectivity index (χ1v) is 6.47. The third-order valence-electron chi connectivity index (χ3n) is 3.15. The summed E-state index contributed by atoms with van der Waals surface area (Å²) in [6.07, 6.45) is 3.43. The first-order chi connectivity index (χ1) is 10.1. The summed E-state index contributed by atoms with van der Waals surface area (Å²) in [5.74, 6) is -1.28. The van der Waals surface area contributed by atoms with Gasteiger partial charge in [-0.1, -0.05) is 0 Å². The molecule has 3 N–H and O–H groups in total. The Morgan fingerprint density at radius 3 is 2.95 bits per heavy atom. The molecular formula is C14H17FN4O2. The van der Waals surface area contributed by atoms with Gasteiger partial charge in [-0.3, -0.25) is 0 Å². The monoisotopic (exact) mass is 292 g/mol. The molecule has 0 fully saturated rings. The zero-order chi connectivity index (χ0) is 15.4. The van der Waals surface area contributed by atoms with Gasteiger partial charge < -0.3 is 20.4 Å². The molecule has 0 atom stereocenters. The molecule has 2 rings (SSSR count). The molecule has 2 aromatic rings. The molecule has 6 nitrogen and oxygen atoms in total. The van der Waals surface area contributed by atoms with Gasteiger partial charge in [0.1, 0.15) is 5.82 Å². The van der Waals surface area contributed by atoms with E-state index in [0.717, 1.165) is 18.3 Å². The van der Waals surface area contributed by atoms with E-state index < -0.39 is 11.8 Å². The minimum Gasteiger partial charge on any atom is -0.465 e. The first kappa shape index (κ1) is 14.8. The number of carbonyl (C=O) groups is 1. The van der Waals surface area contributed by atoms with Gasteiger partial charge in [0.05, 0.1) is 42.6 Å². The van der Waals surface area contributed by atoms with E-state index in [1.807, 2.05) is 11.5 Å². The smallest absolute Gasteiger partial charge is 0.338 e. The van der Waals surface area contributed by atoms with Gasteiger partial charge in [-0.2, -0.15) is 0 Å². The number of anilines is 2. The fourth-order valence-corrected chi connectivity index (χ4v) is 1.97. The van der Waals surface area contributed by atoms with Crippen molar-refractivity contribution in [2.75, 3.05) is 18.2 Å². The molecule has 0 radical (unpaired) electrons. The lowest BCUT2D eigenvalue weighted by Crippen LogP contribution is -2.10. The van der Waals surface area contributed by atoms with Crippen molar-refractivity contribution in [2.45, 2.75) is 20.0 Å². The highest BCUT2D eigenvalue weighted by Crippen LogP contribution is 2.25. The van der Waals surface area contributed by atoms with E-state index in [1.54, 1.807) is 12.5 Å². The predicted molar refractivity (Wildman–Crippen MR) is 77.4 cm³/mol. The largest absolute Gasteiger partial charge is 0.465 e. The molecule has 1 aromatic carbocycles. The molecule has 0 unspecified atom stereocenters. The number of nitrogens with one attached hydrogen (secondary N) is 1. The van der Waals surface area contributed by atoms with Crippen molar-refractivity contribution in [2.24, 2.45) is 0 Å². The molecule has 0 saturated heterocycles. The Morgan fingerprint density at radius 1 is 1.52 bits per heavy atom. The number of benzene rings is 1. The van der Waals surface area contributed by atoms with Crippen molar-refractivity contribution >= 4 is 17.3 Å². The fraction of sp³-hybridized carbons (Fsp3) is 0.286. The second kappa shape index (κ2) is 6.25. The van der Waals surface area contributed by atoms with Gasteiger partial charge in [0, 0.05) is 12.7 Å². The second-order valence-electron chi connectivity index (χ2n) is 4.44. The van der Waals surface area contributed by atoms with Gasteiger partial charge in [0.15, 0.2) is 0 Å². The van der Waals surface area contributed by atoms with E-state index in [-0.39, 0.29) is 11.3 Å². The third kappa shape index (κ3) is 3.13. The highest BCUT2D eigenvalue weighted by Gasteiger charge is 2.13. The Hall–Kier alpha value is -2.57. The molecule has 0 spiro atoms. The average molecular weight is 292 g/mol. The summed E-state index contributed by atoms with van der Waals surface area (Å²) in [7, 11) is 1.24. The Morgan fingerprint density at radius 2 is 2.29 bits per heavy atom. The van der Waals surface area contributed by atoms with Crippen molar-refractivity contribution in [1.29, 1.82) is 0 Å². The molecule has 0 aliphatic carbocycles. The maximum Gasteiger partial charge on any atom is 0.338 e. The quantitative estimate of drug-likeness (QED) is 0.651. The van der Waals surface area contributed by atoms with Crippen molar-refractivity contribution in [1.82, 2.24) is 9.55 Å². The van der Waals surface area contributed by atoms with Crippen LogP contribution in [0.15, 0.2) is 24.7 Å². The van der Waals surface area contributed by atoms with Crippen molar-refractivity contribution < 1.29 is 13.9 Å². The van der Waals surface area contributed by atoms with Crippen LogP contribution >= 0.6 is 0 Å². The molecule has 1 heterocycles. The van der Waals surface area contributed by atoms with Gasteiger partial charge in [-0.15, -0.1) is 0 Å². The lowest BCUT2D eigenvalue weighted by molar-refractivity contribution is 0.0600. The molecule has 0 bridgehead atoms. The van der Waals surface area contributed by atoms with Gasteiger partial charge in [0.2, 0.25) is 0 Å². The fourth-order valence-electron chi connectivity index (χ4n) is 1.97. The third-order valence-corrected chi connectivity index (χ3v) is 3.15. The van der Waals surface area contributed by atoms with E-state index >= 15 is 0 Å². The SMILES string of the molecule is CCn1cncc1CNc1cc(C(=O)OC)cc(F)c1N. The van der Waals surface area contributed by atoms with Crippen LogP contribution in [-0.4, -0.2) is 22.6 Å². The van der Waals surface area contributed by atoms with Gasteiger partial charge >= 0.3 is 5.97 Å². The topological polar surface area (TPSA) is 82.2 Å². The van der Waals surface area contributed by atoms with E-state index in [9.17, 15) is 9.18 Å². The number of halogens is 1. The van der Waals surface area contributed by atoms with Gasteiger partial charge in [0.25, 0.3) is 0 Å². The van der Waals surface area contributed by atoms with Crippen LogP contribution in [-0.2, 0) is 17.8 Å². The van der Waals surface area contributed by atoms with Crippen LogP contribution in [0.2, 0.25) is 0 Å². The van der Waals surface area contributed by atoms with Crippen molar-refractivity contribution in [3.63, 3.8) is 0 Å². The number of nitrogens with zero attached hydrogens (tertiary/aromatic N) is 2. The van der Waals surface area contributed by atoms with E-state index in [1.165, 1.54) is 13.2 Å². The number of methoxy groups -OCH3 is 1. The second-order valence-corrected chi connectivity index (χ2v) is 4.44. The van der Waals surface area contributed by atoms with Gasteiger partial charge in [-0.25, -0.2) is 14.2 Å². The molecule has 0 amide bonds. The maximum absolute atomic E-state index is 13.8. The van der Waals surface area contributed by atoms with Crippen LogP contribution in [0.3, 0.4) is 0 Å². The van der Waals surface area contributed by atoms with Crippen molar-refractivity contribution in [3.05, 3.63) is 41.7 Å². The number of nitrogen functional groups attached to an aromatic ring is 1. The standard InChI is InChI=1S/C14H17FN4O2/c1-3-19-8-17-6-10(19)7-18-12-5-9(14(20)21-2)4-11(15)13(12)16/h4-6,8,18H,3,7,16H2,1-2H3. The van der Waals surface area contributed by atoms with E-state index in [2.05, 4.69) is 15.0 Å². The molecule has 112 valence electrons. The first-order valence-electron chi connectivity index (χ1n) is 6.47. The summed E-state index contributed by atoms with van der Waals surface area (Å²) in [5.41, 5.74) is 7.04. The Bertz CT molecular complexity index is 654. The molecule has 0 aliphatic rings. The van der Waals surface area contributed by atoms with Gasteiger partial charge in [-0.05, 0) is 19.1 Å². The van der Waals surface area contributed by atoms with Crippen LogP contribution < -0.4 is 11.1 Å². The molecule has 0 aliphatic heterocycles. The highest BCUT2D eigenvalue weighted by molar-refractivity contribution is 5.92. The van der Waals surface area contributed by atoms with Crippen LogP contribution in [0.1, 0.15) is 23.0 Å². The number of esters is 1. The number of aryl methyl sites for hydroxylation is 1. The molecule has 7 heteroatoms. The molecule has 1 aromatic heterocycles. The van der Waals surface area contributed by atoms with Crippen LogP contribution in [0.5, 0.6) is 0 Å². The summed E-state index contributed by atoms with van der Waals surface area (Å²) >= 11 is 0. The van der Waals surface area contributed by atoms with Crippen LogP contribution in [0.25, 0.3) is 0 Å². The summed E-state index contributed by atoms with van der Waals surface area (Å²) in [6.45, 7) is 3.20. The summed E-state index contributed by atoms with van der Waals surface area (Å²) in [6, 6.07) is 2.53. The number of ether oxygens (including phenoxy) is 1. The number of hydrogen-bond donors (Lipinski definition) is 2. The Balaban J connectivity index is 2.23. The van der Waals surface area contributed by atoms with Crippen LogP contribution in [0, 0.1) is 5.82 Å². The minimum absolute atomic E-state index is 0.0368. The Labute approximate surface area is 121 Å². The molecule has 0 saturated carbocycles. The lowest BCUT2D eigenvalue weighted by atomic mass is 10.1. The maximum atomic E-state index is 13.8. The summed E-state index contributed by atoms with van der Waals surface area (Å²) in [4.78, 5) is 15.5. The number of rotatable bonds is 5. The highest BCUT2D eigenvalue weighted by atomic mass is 19.1. The Kier molecular flexibility index (Phi) is 4.42. The average Bonchev–Trinajstić information content (AvgIpc) is 2.95. The van der Waals surface area contributed by atoms with E-state index in [0.29, 0.717) is 12.2 Å². The normalized spacial score (nSPS) is 10.4. The lowest BCUT2D eigenvalue weighted by Gasteiger charge is -2.12. The number of carbonyl (C=O) groups excluding carboxylic acids is 1. The minimum atomic E-state index is -0.663. The molecule has 21 heavy (non-hydrogen) atoms. The number of aromatic nitrogens is 2. The number of nitrogens with two attached hydrogens (primary N) is 1. The predicted octanol–water partition coefficient (Wildman–Crippen LogP) is 2.02. The number of hydrogen-bond acceptors (Lipinski definition) is 5. The molecular weight excluding hydrogens is 275 g/mol. The zero-order valence-electron chi connectivity index (χ0n) is 11.9. The zero-order valence-corrected chi connectivity index (χ0v) is 11.9.